The van der Waals surface area contributed by atoms with E-state index in [1.54, 1.807) is 0 Å². The van der Waals surface area contributed by atoms with Crippen molar-refractivity contribution in [1.82, 2.24) is 9.80 Å². The summed E-state index contributed by atoms with van der Waals surface area (Å²) in [6, 6.07) is 7.17. The zero-order valence-corrected chi connectivity index (χ0v) is 13.9. The van der Waals surface area contributed by atoms with Crippen molar-refractivity contribution in [3.05, 3.63) is 34.9 Å². The summed E-state index contributed by atoms with van der Waals surface area (Å²) in [7, 11) is 0. The van der Waals surface area contributed by atoms with Gasteiger partial charge in [0.15, 0.2) is 0 Å². The molecule has 0 aliphatic carbocycles. The SMILES string of the molecule is CCN(CC)C(=O)CN1CCCC1c1cc(C)cc(C)c1. The summed E-state index contributed by atoms with van der Waals surface area (Å²) in [5.41, 5.74) is 4.00. The molecule has 0 saturated carbocycles. The van der Waals surface area contributed by atoms with E-state index in [9.17, 15) is 4.79 Å². The normalized spacial score (nSPS) is 19.0. The van der Waals surface area contributed by atoms with Crippen LogP contribution < -0.4 is 0 Å². The highest BCUT2D eigenvalue weighted by Crippen LogP contribution is 2.32. The van der Waals surface area contributed by atoms with Crippen molar-refractivity contribution in [3.8, 4) is 0 Å². The van der Waals surface area contributed by atoms with Crippen LogP contribution in [-0.4, -0.2) is 41.9 Å². The third-order valence-corrected chi connectivity index (χ3v) is 4.45. The number of likely N-dealkylation sites (tertiary alicyclic amines) is 1. The van der Waals surface area contributed by atoms with Crippen LogP contribution in [0.15, 0.2) is 18.2 Å². The van der Waals surface area contributed by atoms with Crippen LogP contribution in [0.4, 0.5) is 0 Å². The molecule has 1 aliphatic rings. The van der Waals surface area contributed by atoms with Crippen molar-refractivity contribution in [2.24, 2.45) is 0 Å². The number of carbonyl (C=O) groups excluding carboxylic acids is 1. The molecule has 0 N–H and O–H groups in total. The lowest BCUT2D eigenvalue weighted by molar-refractivity contribution is -0.132. The van der Waals surface area contributed by atoms with E-state index in [1.165, 1.54) is 23.1 Å². The van der Waals surface area contributed by atoms with Gasteiger partial charge in [-0.1, -0.05) is 29.3 Å². The summed E-state index contributed by atoms with van der Waals surface area (Å²) < 4.78 is 0. The summed E-state index contributed by atoms with van der Waals surface area (Å²) in [5.74, 6) is 0.260. The Kier molecular flexibility index (Phi) is 5.40. The van der Waals surface area contributed by atoms with Gasteiger partial charge >= 0.3 is 0 Å². The molecule has 1 aromatic carbocycles. The van der Waals surface area contributed by atoms with Crippen LogP contribution in [0.25, 0.3) is 0 Å². The Balaban J connectivity index is 2.11. The highest BCUT2D eigenvalue weighted by atomic mass is 16.2. The minimum Gasteiger partial charge on any atom is -0.342 e. The van der Waals surface area contributed by atoms with Crippen LogP contribution in [0.5, 0.6) is 0 Å². The Morgan fingerprint density at radius 2 is 1.81 bits per heavy atom. The van der Waals surface area contributed by atoms with Crippen LogP contribution >= 0.6 is 0 Å². The number of rotatable bonds is 5. The van der Waals surface area contributed by atoms with Gasteiger partial charge in [0.25, 0.3) is 0 Å². The largest absolute Gasteiger partial charge is 0.342 e. The van der Waals surface area contributed by atoms with Crippen LogP contribution in [-0.2, 0) is 4.79 Å². The summed E-state index contributed by atoms with van der Waals surface area (Å²) >= 11 is 0. The summed E-state index contributed by atoms with van der Waals surface area (Å²) in [5, 5.41) is 0. The van der Waals surface area contributed by atoms with E-state index in [4.69, 9.17) is 0 Å². The first kappa shape index (κ1) is 16.0. The fraction of sp³-hybridized carbons (Fsp3) is 0.611. The molecule has 0 bridgehead atoms. The monoisotopic (exact) mass is 288 g/mol. The molecule has 1 amide bonds. The molecule has 3 nitrogen and oxygen atoms in total. The van der Waals surface area contributed by atoms with Crippen LogP contribution in [0.2, 0.25) is 0 Å². The van der Waals surface area contributed by atoms with Crippen LogP contribution in [0.3, 0.4) is 0 Å². The van der Waals surface area contributed by atoms with E-state index in [1.807, 2.05) is 18.7 Å². The molecule has 0 radical (unpaired) electrons. The van der Waals surface area contributed by atoms with Gasteiger partial charge in [0.05, 0.1) is 6.54 Å². The number of benzene rings is 1. The molecule has 3 heteroatoms. The van der Waals surface area contributed by atoms with E-state index < -0.39 is 0 Å². The first-order valence-corrected chi connectivity index (χ1v) is 8.15. The third-order valence-electron chi connectivity index (χ3n) is 4.45. The standard InChI is InChI=1S/C18H28N2O/c1-5-19(6-2)18(21)13-20-9-7-8-17(20)16-11-14(3)10-15(4)12-16/h10-12,17H,5-9,13H2,1-4H3. The molecule has 1 aliphatic heterocycles. The van der Waals surface area contributed by atoms with Gasteiger partial charge in [0.2, 0.25) is 5.91 Å². The Morgan fingerprint density at radius 3 is 2.38 bits per heavy atom. The maximum absolute atomic E-state index is 12.4. The number of nitrogens with zero attached hydrogens (tertiary/aromatic N) is 2. The third kappa shape index (κ3) is 3.85. The molecule has 1 fully saturated rings. The zero-order chi connectivity index (χ0) is 15.4. The van der Waals surface area contributed by atoms with Gasteiger partial charge < -0.3 is 4.90 Å². The number of likely N-dealkylation sites (N-methyl/N-ethyl adjacent to an activating group) is 1. The molecule has 1 saturated heterocycles. The van der Waals surface area contributed by atoms with Gasteiger partial charge in [-0.25, -0.2) is 0 Å². The second-order valence-corrected chi connectivity index (χ2v) is 6.12. The lowest BCUT2D eigenvalue weighted by Gasteiger charge is -2.28. The zero-order valence-electron chi connectivity index (χ0n) is 13.9. The second kappa shape index (κ2) is 7.08. The Hall–Kier alpha value is -1.35. The van der Waals surface area contributed by atoms with Crippen molar-refractivity contribution in [1.29, 1.82) is 0 Å². The van der Waals surface area contributed by atoms with Gasteiger partial charge in [-0.15, -0.1) is 0 Å². The average molecular weight is 288 g/mol. The Bertz CT molecular complexity index is 474. The predicted octanol–water partition coefficient (Wildman–Crippen LogP) is 3.31. The van der Waals surface area contributed by atoms with E-state index in [2.05, 4.69) is 36.9 Å². The highest BCUT2D eigenvalue weighted by Gasteiger charge is 2.28. The van der Waals surface area contributed by atoms with E-state index >= 15 is 0 Å². The maximum atomic E-state index is 12.4. The number of hydrogen-bond acceptors (Lipinski definition) is 2. The van der Waals surface area contributed by atoms with Gasteiger partial charge in [-0.05, 0) is 52.6 Å². The maximum Gasteiger partial charge on any atom is 0.236 e. The molecule has 0 spiro atoms. The van der Waals surface area contributed by atoms with E-state index in [0.717, 1.165) is 26.1 Å². The molecule has 1 atom stereocenters. The molecule has 1 unspecified atom stereocenters. The van der Waals surface area contributed by atoms with Crippen molar-refractivity contribution in [2.75, 3.05) is 26.2 Å². The first-order valence-electron chi connectivity index (χ1n) is 8.15. The number of amides is 1. The van der Waals surface area contributed by atoms with Gasteiger partial charge in [-0.3, -0.25) is 9.69 Å². The minimum absolute atomic E-state index is 0.260. The summed E-state index contributed by atoms with van der Waals surface area (Å²) in [6.45, 7) is 11.6. The molecule has 0 aromatic heterocycles. The van der Waals surface area contributed by atoms with E-state index in [0.29, 0.717) is 12.6 Å². The first-order chi connectivity index (χ1) is 10.0. The van der Waals surface area contributed by atoms with Crippen LogP contribution in [0.1, 0.15) is 49.4 Å². The lowest BCUT2D eigenvalue weighted by Crippen LogP contribution is -2.40. The summed E-state index contributed by atoms with van der Waals surface area (Å²) in [6.07, 6.45) is 2.34. The van der Waals surface area contributed by atoms with Crippen molar-refractivity contribution < 1.29 is 4.79 Å². The van der Waals surface area contributed by atoms with Crippen molar-refractivity contribution in [2.45, 2.75) is 46.6 Å². The predicted molar refractivity (Wildman–Crippen MR) is 87.4 cm³/mol. The average Bonchev–Trinajstić information content (AvgIpc) is 2.87. The van der Waals surface area contributed by atoms with Crippen molar-refractivity contribution in [3.63, 3.8) is 0 Å². The topological polar surface area (TPSA) is 23.6 Å². The Labute approximate surface area is 128 Å². The molecule has 1 heterocycles. The fourth-order valence-corrected chi connectivity index (χ4v) is 3.45. The Morgan fingerprint density at radius 1 is 1.19 bits per heavy atom. The molecular weight excluding hydrogens is 260 g/mol. The van der Waals surface area contributed by atoms with Gasteiger partial charge in [-0.2, -0.15) is 0 Å². The minimum atomic E-state index is 0.260. The molecule has 2 rings (SSSR count). The highest BCUT2D eigenvalue weighted by molar-refractivity contribution is 5.78. The number of carbonyl (C=O) groups is 1. The lowest BCUT2D eigenvalue weighted by atomic mass is 9.99. The summed E-state index contributed by atoms with van der Waals surface area (Å²) in [4.78, 5) is 16.6. The number of hydrogen-bond donors (Lipinski definition) is 0. The molecule has 21 heavy (non-hydrogen) atoms. The molecule has 1 aromatic rings. The van der Waals surface area contributed by atoms with Crippen LogP contribution in [0, 0.1) is 13.8 Å². The molecule has 116 valence electrons. The fourth-order valence-electron chi connectivity index (χ4n) is 3.45. The van der Waals surface area contributed by atoms with Gasteiger partial charge in [0, 0.05) is 19.1 Å². The van der Waals surface area contributed by atoms with Gasteiger partial charge in [0.1, 0.15) is 0 Å². The van der Waals surface area contributed by atoms with Crippen molar-refractivity contribution >= 4 is 5.91 Å². The quantitative estimate of drug-likeness (QED) is 0.830. The smallest absolute Gasteiger partial charge is 0.236 e. The molecular formula is C18H28N2O. The number of aryl methyl sites for hydroxylation is 2. The second-order valence-electron chi connectivity index (χ2n) is 6.12. The van der Waals surface area contributed by atoms with E-state index in [-0.39, 0.29) is 5.91 Å².